The minimum absolute atomic E-state index is 0.0510. The monoisotopic (exact) mass is 270 g/mol. The molecule has 2 aromatic carbocycles. The van der Waals surface area contributed by atoms with Crippen LogP contribution in [0.15, 0.2) is 48.5 Å². The van der Waals surface area contributed by atoms with Crippen molar-refractivity contribution >= 4 is 11.6 Å². The summed E-state index contributed by atoms with van der Waals surface area (Å²) in [6.07, 6.45) is 0. The van der Waals surface area contributed by atoms with Crippen LogP contribution in [0.3, 0.4) is 0 Å². The molecule has 0 saturated heterocycles. The van der Waals surface area contributed by atoms with E-state index in [4.69, 9.17) is 9.84 Å². The fourth-order valence-electron chi connectivity index (χ4n) is 1.74. The van der Waals surface area contributed by atoms with Crippen LogP contribution in [0.1, 0.15) is 27.6 Å². The topological polar surface area (TPSA) is 63.6 Å². The molecule has 0 amide bonds. The predicted octanol–water partition coefficient (Wildman–Crippen LogP) is 2.86. The molecule has 1 N–H and O–H groups in total. The van der Waals surface area contributed by atoms with Gasteiger partial charge >= 0.3 is 0 Å². The highest BCUT2D eigenvalue weighted by molar-refractivity contribution is 6.49. The molecular weight excluding hydrogens is 256 g/mol. The van der Waals surface area contributed by atoms with Gasteiger partial charge in [-0.25, -0.2) is 0 Å². The molecule has 4 nitrogen and oxygen atoms in total. The van der Waals surface area contributed by atoms with E-state index < -0.39 is 11.6 Å². The summed E-state index contributed by atoms with van der Waals surface area (Å²) in [6.45, 7) is 2.41. The Labute approximate surface area is 116 Å². The molecule has 102 valence electrons. The Kier molecular flexibility index (Phi) is 4.15. The summed E-state index contributed by atoms with van der Waals surface area (Å²) in [6, 6.07) is 12.0. The number of hydrogen-bond donors (Lipinski definition) is 1. The van der Waals surface area contributed by atoms with Gasteiger partial charge < -0.3 is 9.84 Å². The molecule has 0 bridgehead atoms. The number of aromatic hydroxyl groups is 1. The Hall–Kier alpha value is -2.62. The van der Waals surface area contributed by atoms with Crippen LogP contribution >= 0.6 is 0 Å². The van der Waals surface area contributed by atoms with E-state index in [-0.39, 0.29) is 11.3 Å². The zero-order chi connectivity index (χ0) is 14.5. The number of phenols is 1. The maximum absolute atomic E-state index is 12.0. The van der Waals surface area contributed by atoms with Crippen molar-refractivity contribution in [3.63, 3.8) is 0 Å². The summed E-state index contributed by atoms with van der Waals surface area (Å²) < 4.78 is 5.27. The molecule has 0 spiro atoms. The van der Waals surface area contributed by atoms with Crippen LogP contribution in [0.5, 0.6) is 11.5 Å². The Morgan fingerprint density at radius 3 is 1.80 bits per heavy atom. The minimum atomic E-state index is -0.603. The second-order valence-corrected chi connectivity index (χ2v) is 4.16. The second kappa shape index (κ2) is 6.02. The van der Waals surface area contributed by atoms with E-state index in [1.165, 1.54) is 24.3 Å². The van der Waals surface area contributed by atoms with Crippen LogP contribution in [0.25, 0.3) is 0 Å². The molecule has 0 atom stereocenters. The SMILES string of the molecule is CCOc1ccc(C(=O)C(=O)c2ccc(O)cc2)cc1. The molecule has 0 aromatic heterocycles. The maximum atomic E-state index is 12.0. The highest BCUT2D eigenvalue weighted by Crippen LogP contribution is 2.15. The van der Waals surface area contributed by atoms with Crippen LogP contribution in [0.2, 0.25) is 0 Å². The molecule has 0 unspecified atom stereocenters. The highest BCUT2D eigenvalue weighted by atomic mass is 16.5. The normalized spacial score (nSPS) is 10.1. The van der Waals surface area contributed by atoms with Crippen LogP contribution in [0, 0.1) is 0 Å². The molecular formula is C16H14O4. The van der Waals surface area contributed by atoms with Crippen molar-refractivity contribution in [2.75, 3.05) is 6.61 Å². The summed E-state index contributed by atoms with van der Waals surface area (Å²) >= 11 is 0. The van der Waals surface area contributed by atoms with Gasteiger partial charge in [0.2, 0.25) is 11.6 Å². The number of phenolic OH excluding ortho intramolecular Hbond substituents is 1. The summed E-state index contributed by atoms with van der Waals surface area (Å²) in [5, 5.41) is 9.17. The van der Waals surface area contributed by atoms with Gasteiger partial charge in [-0.2, -0.15) is 0 Å². The number of ketones is 2. The molecule has 2 aromatic rings. The maximum Gasteiger partial charge on any atom is 0.233 e. The standard InChI is InChI=1S/C16H14O4/c1-2-20-14-9-5-12(6-10-14)16(19)15(18)11-3-7-13(17)8-4-11/h3-10,17H,2H2,1H3. The van der Waals surface area contributed by atoms with Crippen molar-refractivity contribution in [1.82, 2.24) is 0 Å². The van der Waals surface area contributed by atoms with Crippen molar-refractivity contribution in [2.24, 2.45) is 0 Å². The number of Topliss-reactive ketones (excluding diaryl/α,β-unsaturated/α-hetero) is 2. The van der Waals surface area contributed by atoms with Gasteiger partial charge in [0.25, 0.3) is 0 Å². The van der Waals surface area contributed by atoms with Crippen molar-refractivity contribution in [2.45, 2.75) is 6.92 Å². The van der Waals surface area contributed by atoms with Gasteiger partial charge in [-0.15, -0.1) is 0 Å². The van der Waals surface area contributed by atoms with E-state index in [1.807, 2.05) is 6.92 Å². The van der Waals surface area contributed by atoms with Crippen molar-refractivity contribution in [1.29, 1.82) is 0 Å². The third-order valence-electron chi connectivity index (χ3n) is 2.76. The van der Waals surface area contributed by atoms with Gasteiger partial charge in [-0.3, -0.25) is 9.59 Å². The quantitative estimate of drug-likeness (QED) is 0.670. The summed E-state index contributed by atoms with van der Waals surface area (Å²) in [7, 11) is 0. The van der Waals surface area contributed by atoms with Gasteiger partial charge in [0.15, 0.2) is 0 Å². The molecule has 0 aliphatic heterocycles. The molecule has 0 radical (unpaired) electrons. The average Bonchev–Trinajstić information content (AvgIpc) is 2.48. The summed E-state index contributed by atoms with van der Waals surface area (Å²) in [5.74, 6) is -0.482. The first-order valence-corrected chi connectivity index (χ1v) is 6.22. The van der Waals surface area contributed by atoms with Crippen LogP contribution < -0.4 is 4.74 Å². The molecule has 0 fully saturated rings. The van der Waals surface area contributed by atoms with Crippen molar-refractivity contribution in [3.05, 3.63) is 59.7 Å². The van der Waals surface area contributed by atoms with Gasteiger partial charge in [-0.05, 0) is 55.5 Å². The average molecular weight is 270 g/mol. The molecule has 0 saturated carbocycles. The van der Waals surface area contributed by atoms with E-state index in [0.717, 1.165) is 0 Å². The number of hydrogen-bond acceptors (Lipinski definition) is 4. The van der Waals surface area contributed by atoms with Gasteiger partial charge in [-0.1, -0.05) is 0 Å². The van der Waals surface area contributed by atoms with Gasteiger partial charge in [0.05, 0.1) is 6.61 Å². The number of carbonyl (C=O) groups is 2. The van der Waals surface area contributed by atoms with Crippen molar-refractivity contribution < 1.29 is 19.4 Å². The lowest BCUT2D eigenvalue weighted by Gasteiger charge is -2.04. The third kappa shape index (κ3) is 3.03. The second-order valence-electron chi connectivity index (χ2n) is 4.16. The minimum Gasteiger partial charge on any atom is -0.508 e. The molecule has 0 aliphatic rings. The zero-order valence-corrected chi connectivity index (χ0v) is 11.0. The lowest BCUT2D eigenvalue weighted by Crippen LogP contribution is -2.14. The Morgan fingerprint density at radius 2 is 1.35 bits per heavy atom. The van der Waals surface area contributed by atoms with E-state index in [9.17, 15) is 9.59 Å². The van der Waals surface area contributed by atoms with E-state index >= 15 is 0 Å². The third-order valence-corrected chi connectivity index (χ3v) is 2.76. The molecule has 4 heteroatoms. The summed E-state index contributed by atoms with van der Waals surface area (Å²) in [4.78, 5) is 24.1. The van der Waals surface area contributed by atoms with Crippen LogP contribution in [0.4, 0.5) is 0 Å². The predicted molar refractivity (Wildman–Crippen MR) is 74.4 cm³/mol. The van der Waals surface area contributed by atoms with Crippen molar-refractivity contribution in [3.8, 4) is 11.5 Å². The molecule has 0 heterocycles. The number of rotatable bonds is 5. The first-order chi connectivity index (χ1) is 9.61. The first-order valence-electron chi connectivity index (χ1n) is 6.22. The lowest BCUT2D eigenvalue weighted by molar-refractivity contribution is 0.0817. The zero-order valence-electron chi connectivity index (χ0n) is 11.0. The molecule has 2 rings (SSSR count). The van der Waals surface area contributed by atoms with E-state index in [2.05, 4.69) is 0 Å². The fourth-order valence-corrected chi connectivity index (χ4v) is 1.74. The number of ether oxygens (including phenoxy) is 1. The largest absolute Gasteiger partial charge is 0.508 e. The highest BCUT2D eigenvalue weighted by Gasteiger charge is 2.18. The van der Waals surface area contributed by atoms with Gasteiger partial charge in [0.1, 0.15) is 11.5 Å². The first kappa shape index (κ1) is 13.8. The van der Waals surface area contributed by atoms with E-state index in [1.54, 1.807) is 24.3 Å². The van der Waals surface area contributed by atoms with Gasteiger partial charge in [0, 0.05) is 11.1 Å². The summed E-state index contributed by atoms with van der Waals surface area (Å²) in [5.41, 5.74) is 0.563. The number of benzene rings is 2. The Balaban J connectivity index is 2.18. The fraction of sp³-hybridized carbons (Fsp3) is 0.125. The lowest BCUT2D eigenvalue weighted by atomic mass is 10.0. The molecule has 0 aliphatic carbocycles. The number of carbonyl (C=O) groups excluding carboxylic acids is 2. The van der Waals surface area contributed by atoms with Crippen LogP contribution in [-0.2, 0) is 0 Å². The Bertz CT molecular complexity index is 612. The van der Waals surface area contributed by atoms with Crippen LogP contribution in [-0.4, -0.2) is 23.3 Å². The smallest absolute Gasteiger partial charge is 0.233 e. The van der Waals surface area contributed by atoms with E-state index in [0.29, 0.717) is 17.9 Å². The molecule has 20 heavy (non-hydrogen) atoms. The Morgan fingerprint density at radius 1 is 0.900 bits per heavy atom.